The number of amides is 1. The molecule has 0 saturated carbocycles. The fourth-order valence-corrected chi connectivity index (χ4v) is 4.09. The molecule has 0 aromatic carbocycles. The number of primary amides is 1. The van der Waals surface area contributed by atoms with Crippen molar-refractivity contribution in [2.75, 3.05) is 12.8 Å². The topological polar surface area (TPSA) is 126 Å². The van der Waals surface area contributed by atoms with Crippen LogP contribution in [0, 0.1) is 6.92 Å². The molecular weight excluding hydrogens is 356 g/mol. The summed E-state index contributed by atoms with van der Waals surface area (Å²) in [6, 6.07) is 0. The van der Waals surface area contributed by atoms with E-state index in [1.165, 1.54) is 6.34 Å². The molecule has 0 spiro atoms. The van der Waals surface area contributed by atoms with E-state index in [0.29, 0.717) is 17.8 Å². The summed E-state index contributed by atoms with van der Waals surface area (Å²) >= 11 is 0. The Kier molecular flexibility index (Phi) is 5.72. The molecule has 0 bridgehead atoms. The van der Waals surface area contributed by atoms with Gasteiger partial charge in [-0.05, 0) is 20.3 Å². The van der Waals surface area contributed by atoms with E-state index in [1.807, 2.05) is 0 Å². The van der Waals surface area contributed by atoms with Gasteiger partial charge >= 0.3 is 0 Å². The molecule has 1 aliphatic heterocycles. The van der Waals surface area contributed by atoms with Crippen LogP contribution in [0.3, 0.4) is 0 Å². The molecule has 3 N–H and O–H groups in total. The van der Waals surface area contributed by atoms with Crippen LogP contribution >= 0.6 is 0 Å². The standard InChI is InChI=1S/C17H26N4O4S/c1-5-6-7-8-9-21-10-19-14-12(15(18)22)16(26(4,24)25)20-11(2)13(14)17(21,3)23/h10,23H,5-9H2,1-4H3,(H2,18,22). The Labute approximate surface area is 154 Å². The second-order valence-electron chi connectivity index (χ2n) is 6.76. The number of carbonyl (C=O) groups excluding carboxylic acids is 1. The normalized spacial score (nSPS) is 19.5. The van der Waals surface area contributed by atoms with Gasteiger partial charge in [-0.15, -0.1) is 0 Å². The molecule has 0 fully saturated rings. The smallest absolute Gasteiger partial charge is 0.253 e. The lowest BCUT2D eigenvalue weighted by Crippen LogP contribution is -2.46. The predicted octanol–water partition coefficient (Wildman–Crippen LogP) is 1.61. The lowest BCUT2D eigenvalue weighted by Gasteiger charge is -2.40. The van der Waals surface area contributed by atoms with Gasteiger partial charge in [0, 0.05) is 18.5 Å². The molecule has 8 nitrogen and oxygen atoms in total. The number of nitrogens with zero attached hydrogens (tertiary/aromatic N) is 3. The molecule has 0 saturated heterocycles. The Bertz CT molecular complexity index is 847. The Morgan fingerprint density at radius 1 is 1.35 bits per heavy atom. The lowest BCUT2D eigenvalue weighted by molar-refractivity contribution is -0.0594. The predicted molar refractivity (Wildman–Crippen MR) is 99.2 cm³/mol. The fourth-order valence-electron chi connectivity index (χ4n) is 3.22. The molecule has 144 valence electrons. The quantitative estimate of drug-likeness (QED) is 0.690. The van der Waals surface area contributed by atoms with Crippen molar-refractivity contribution in [1.29, 1.82) is 0 Å². The highest BCUT2D eigenvalue weighted by atomic mass is 32.2. The van der Waals surface area contributed by atoms with Gasteiger partial charge in [-0.3, -0.25) is 4.79 Å². The summed E-state index contributed by atoms with van der Waals surface area (Å²) in [5.41, 5.74) is 4.33. The number of pyridine rings is 1. The minimum atomic E-state index is -3.79. The molecule has 9 heteroatoms. The van der Waals surface area contributed by atoms with Crippen molar-refractivity contribution in [1.82, 2.24) is 9.88 Å². The van der Waals surface area contributed by atoms with Crippen LogP contribution in [0.5, 0.6) is 0 Å². The maximum atomic E-state index is 12.0. The third kappa shape index (κ3) is 3.73. The minimum absolute atomic E-state index is 0.0697. The van der Waals surface area contributed by atoms with Gasteiger partial charge < -0.3 is 15.7 Å². The van der Waals surface area contributed by atoms with E-state index in [9.17, 15) is 18.3 Å². The maximum Gasteiger partial charge on any atom is 0.253 e. The second kappa shape index (κ2) is 7.32. The van der Waals surface area contributed by atoms with Crippen LogP contribution in [-0.2, 0) is 15.6 Å². The molecule has 1 unspecified atom stereocenters. The number of aliphatic hydroxyl groups is 1. The summed E-state index contributed by atoms with van der Waals surface area (Å²) in [5.74, 6) is -0.946. The number of aromatic nitrogens is 1. The lowest BCUT2D eigenvalue weighted by atomic mass is 9.95. The van der Waals surface area contributed by atoms with Gasteiger partial charge in [0.2, 0.25) is 0 Å². The van der Waals surface area contributed by atoms with Crippen LogP contribution < -0.4 is 5.73 Å². The number of rotatable bonds is 7. The summed E-state index contributed by atoms with van der Waals surface area (Å²) in [5, 5.41) is 10.7. The SMILES string of the molecule is CCCCCCN1C=Nc2c(C(N)=O)c(S(C)(=O)=O)nc(C)c2C1(C)O. The van der Waals surface area contributed by atoms with Crippen LogP contribution in [0.1, 0.15) is 61.1 Å². The Hall–Kier alpha value is -2.00. The Balaban J connectivity index is 2.57. The zero-order chi connectivity index (χ0) is 19.7. The van der Waals surface area contributed by atoms with Crippen molar-refractivity contribution in [3.8, 4) is 0 Å². The van der Waals surface area contributed by atoms with Gasteiger partial charge in [0.05, 0.1) is 17.6 Å². The average Bonchev–Trinajstić information content (AvgIpc) is 2.51. The van der Waals surface area contributed by atoms with E-state index in [4.69, 9.17) is 5.73 Å². The van der Waals surface area contributed by atoms with Crippen LogP contribution in [0.25, 0.3) is 0 Å². The largest absolute Gasteiger partial charge is 0.367 e. The van der Waals surface area contributed by atoms with Crippen molar-refractivity contribution < 1.29 is 18.3 Å². The van der Waals surface area contributed by atoms with Crippen molar-refractivity contribution in [2.45, 2.75) is 57.2 Å². The number of carbonyl (C=O) groups is 1. The van der Waals surface area contributed by atoms with E-state index in [0.717, 1.165) is 31.9 Å². The first-order valence-corrected chi connectivity index (χ1v) is 10.5. The number of aliphatic imine (C=N–C) groups is 1. The number of aryl methyl sites for hydroxylation is 1. The monoisotopic (exact) mass is 382 g/mol. The van der Waals surface area contributed by atoms with E-state index >= 15 is 0 Å². The molecule has 1 aromatic heterocycles. The van der Waals surface area contributed by atoms with Gasteiger partial charge in [-0.2, -0.15) is 0 Å². The molecule has 1 aromatic rings. The highest BCUT2D eigenvalue weighted by Gasteiger charge is 2.40. The van der Waals surface area contributed by atoms with E-state index < -0.39 is 26.5 Å². The number of sulfone groups is 1. The van der Waals surface area contributed by atoms with Gasteiger partial charge in [-0.25, -0.2) is 18.4 Å². The third-order valence-corrected chi connectivity index (χ3v) is 5.53. The first-order valence-electron chi connectivity index (χ1n) is 8.60. The maximum absolute atomic E-state index is 12.0. The second-order valence-corrected chi connectivity index (χ2v) is 8.69. The average molecular weight is 382 g/mol. The van der Waals surface area contributed by atoms with Crippen LogP contribution in [0.2, 0.25) is 0 Å². The highest BCUT2D eigenvalue weighted by molar-refractivity contribution is 7.90. The zero-order valence-electron chi connectivity index (χ0n) is 15.6. The Morgan fingerprint density at radius 2 is 2.00 bits per heavy atom. The molecule has 1 atom stereocenters. The Morgan fingerprint density at radius 3 is 2.54 bits per heavy atom. The zero-order valence-corrected chi connectivity index (χ0v) is 16.4. The molecule has 0 aliphatic carbocycles. The summed E-state index contributed by atoms with van der Waals surface area (Å²) in [6.45, 7) is 5.86. The molecule has 1 amide bonds. The van der Waals surface area contributed by atoms with Crippen LogP contribution in [-0.4, -0.2) is 48.5 Å². The third-order valence-electron chi connectivity index (χ3n) is 4.53. The van der Waals surface area contributed by atoms with E-state index in [1.54, 1.807) is 18.7 Å². The van der Waals surface area contributed by atoms with Crippen LogP contribution in [0.15, 0.2) is 10.0 Å². The first kappa shape index (κ1) is 20.3. The summed E-state index contributed by atoms with van der Waals surface area (Å²) in [6.07, 6.45) is 6.51. The van der Waals surface area contributed by atoms with Crippen molar-refractivity contribution in [3.63, 3.8) is 0 Å². The van der Waals surface area contributed by atoms with E-state index in [-0.39, 0.29) is 11.3 Å². The number of nitrogens with two attached hydrogens (primary N) is 1. The highest BCUT2D eigenvalue weighted by Crippen LogP contribution is 2.41. The van der Waals surface area contributed by atoms with E-state index in [2.05, 4.69) is 16.9 Å². The fraction of sp³-hybridized carbons (Fsp3) is 0.588. The van der Waals surface area contributed by atoms with Gasteiger partial charge in [-0.1, -0.05) is 26.2 Å². The number of hydrogen-bond donors (Lipinski definition) is 2. The molecule has 2 heterocycles. The van der Waals surface area contributed by atoms with Crippen molar-refractivity contribution in [3.05, 3.63) is 16.8 Å². The number of unbranched alkanes of at least 4 members (excludes halogenated alkanes) is 3. The van der Waals surface area contributed by atoms with Gasteiger partial charge in [0.15, 0.2) is 20.6 Å². The summed E-state index contributed by atoms with van der Waals surface area (Å²) in [4.78, 5) is 21.9. The van der Waals surface area contributed by atoms with Crippen molar-refractivity contribution in [2.24, 2.45) is 10.7 Å². The summed E-state index contributed by atoms with van der Waals surface area (Å²) < 4.78 is 24.1. The summed E-state index contributed by atoms with van der Waals surface area (Å²) in [7, 11) is -3.79. The van der Waals surface area contributed by atoms with Gasteiger partial charge in [0.1, 0.15) is 5.56 Å². The minimum Gasteiger partial charge on any atom is -0.367 e. The van der Waals surface area contributed by atoms with Crippen LogP contribution in [0.4, 0.5) is 5.69 Å². The number of fused-ring (bicyclic) bond motifs is 1. The molecule has 0 radical (unpaired) electrons. The van der Waals surface area contributed by atoms with Crippen molar-refractivity contribution >= 4 is 27.8 Å². The molecule has 26 heavy (non-hydrogen) atoms. The first-order chi connectivity index (χ1) is 12.0. The number of hydrogen-bond acceptors (Lipinski definition) is 7. The molecule has 2 rings (SSSR count). The molecule has 1 aliphatic rings. The van der Waals surface area contributed by atoms with Gasteiger partial charge in [0.25, 0.3) is 5.91 Å². The molecular formula is C17H26N4O4S.